The maximum Gasteiger partial charge on any atom is 0.274 e. The first-order valence-corrected chi connectivity index (χ1v) is 7.00. The van der Waals surface area contributed by atoms with E-state index in [1.165, 1.54) is 0 Å². The lowest BCUT2D eigenvalue weighted by molar-refractivity contribution is 0.0473. The minimum Gasteiger partial charge on any atom is -0.383 e. The van der Waals surface area contributed by atoms with Crippen molar-refractivity contribution in [1.82, 2.24) is 15.1 Å². The molecule has 0 spiro atoms. The van der Waals surface area contributed by atoms with E-state index >= 15 is 0 Å². The number of hydrogen-bond donors (Lipinski definition) is 1. The van der Waals surface area contributed by atoms with Crippen molar-refractivity contribution in [2.45, 2.75) is 19.9 Å². The van der Waals surface area contributed by atoms with E-state index in [0.717, 1.165) is 6.54 Å². The molecule has 1 N–H and O–H groups in total. The van der Waals surface area contributed by atoms with Crippen molar-refractivity contribution in [3.05, 3.63) is 17.8 Å². The summed E-state index contributed by atoms with van der Waals surface area (Å²) in [6.45, 7) is 6.06. The number of methoxy groups -OCH3 is 2. The minimum atomic E-state index is -0.174. The van der Waals surface area contributed by atoms with Gasteiger partial charge < -0.3 is 19.7 Å². The first-order valence-electron chi connectivity index (χ1n) is 7.00. The summed E-state index contributed by atoms with van der Waals surface area (Å²) in [6, 6.07) is 3.36. The van der Waals surface area contributed by atoms with Gasteiger partial charge in [-0.15, -0.1) is 10.2 Å². The van der Waals surface area contributed by atoms with Crippen molar-refractivity contribution >= 4 is 11.7 Å². The van der Waals surface area contributed by atoms with Gasteiger partial charge in [-0.1, -0.05) is 0 Å². The normalized spacial score (nSPS) is 12.0. The zero-order valence-electron chi connectivity index (χ0n) is 13.1. The standard InChI is InChI=1S/C14H24N4O3/c1-5-15-13-7-6-12(16-17-13)14(19)18(8-9-20-3)11(2)10-21-4/h6-7,11H,5,8-10H2,1-4H3,(H,15,17). The average molecular weight is 296 g/mol. The van der Waals surface area contributed by atoms with Crippen molar-refractivity contribution < 1.29 is 14.3 Å². The van der Waals surface area contributed by atoms with Crippen LogP contribution in [0.25, 0.3) is 0 Å². The van der Waals surface area contributed by atoms with Gasteiger partial charge in [-0.3, -0.25) is 4.79 Å². The zero-order valence-corrected chi connectivity index (χ0v) is 13.1. The Labute approximate surface area is 125 Å². The third-order valence-electron chi connectivity index (χ3n) is 2.98. The highest BCUT2D eigenvalue weighted by Gasteiger charge is 2.22. The van der Waals surface area contributed by atoms with E-state index < -0.39 is 0 Å². The smallest absolute Gasteiger partial charge is 0.274 e. The second-order valence-corrected chi connectivity index (χ2v) is 4.63. The lowest BCUT2D eigenvalue weighted by Crippen LogP contribution is -2.43. The van der Waals surface area contributed by atoms with Gasteiger partial charge in [0.15, 0.2) is 5.69 Å². The number of aromatic nitrogens is 2. The molecular weight excluding hydrogens is 272 g/mol. The molecule has 118 valence electrons. The molecule has 1 heterocycles. The van der Waals surface area contributed by atoms with Crippen molar-refractivity contribution in [3.63, 3.8) is 0 Å². The van der Waals surface area contributed by atoms with E-state index in [0.29, 0.717) is 31.3 Å². The predicted octanol–water partition coefficient (Wildman–Crippen LogP) is 1.03. The van der Waals surface area contributed by atoms with Crippen LogP contribution in [-0.4, -0.2) is 67.6 Å². The summed E-state index contributed by atoms with van der Waals surface area (Å²) >= 11 is 0. The molecule has 0 bridgehead atoms. The molecule has 21 heavy (non-hydrogen) atoms. The first-order chi connectivity index (χ1) is 10.1. The summed E-state index contributed by atoms with van der Waals surface area (Å²) in [5.74, 6) is 0.481. The molecule has 0 aromatic carbocycles. The van der Waals surface area contributed by atoms with Gasteiger partial charge in [-0.05, 0) is 26.0 Å². The van der Waals surface area contributed by atoms with Crippen LogP contribution in [0.3, 0.4) is 0 Å². The maximum absolute atomic E-state index is 12.5. The summed E-state index contributed by atoms with van der Waals surface area (Å²) in [5.41, 5.74) is 0.315. The van der Waals surface area contributed by atoms with Gasteiger partial charge in [0.05, 0.1) is 19.3 Å². The number of nitrogens with zero attached hydrogens (tertiary/aromatic N) is 3. The van der Waals surface area contributed by atoms with Gasteiger partial charge >= 0.3 is 0 Å². The zero-order chi connectivity index (χ0) is 15.7. The summed E-state index contributed by atoms with van der Waals surface area (Å²) in [4.78, 5) is 14.2. The van der Waals surface area contributed by atoms with Crippen LogP contribution in [0.2, 0.25) is 0 Å². The monoisotopic (exact) mass is 296 g/mol. The van der Waals surface area contributed by atoms with Crippen LogP contribution in [0.5, 0.6) is 0 Å². The fourth-order valence-corrected chi connectivity index (χ4v) is 1.91. The van der Waals surface area contributed by atoms with E-state index in [1.807, 2.05) is 13.8 Å². The van der Waals surface area contributed by atoms with Crippen LogP contribution >= 0.6 is 0 Å². The molecule has 1 unspecified atom stereocenters. The number of hydrogen-bond acceptors (Lipinski definition) is 6. The number of amides is 1. The first kappa shape index (κ1) is 17.3. The molecule has 0 fully saturated rings. The predicted molar refractivity (Wildman–Crippen MR) is 80.4 cm³/mol. The van der Waals surface area contributed by atoms with Gasteiger partial charge in [0.2, 0.25) is 0 Å². The van der Waals surface area contributed by atoms with Crippen LogP contribution < -0.4 is 5.32 Å². The fourth-order valence-electron chi connectivity index (χ4n) is 1.91. The van der Waals surface area contributed by atoms with Crippen molar-refractivity contribution in [2.75, 3.05) is 45.8 Å². The highest BCUT2D eigenvalue weighted by Crippen LogP contribution is 2.08. The van der Waals surface area contributed by atoms with Crippen LogP contribution in [0.15, 0.2) is 12.1 Å². The van der Waals surface area contributed by atoms with E-state index in [2.05, 4.69) is 15.5 Å². The Hall–Kier alpha value is -1.73. The van der Waals surface area contributed by atoms with Crippen molar-refractivity contribution in [1.29, 1.82) is 0 Å². The molecule has 0 radical (unpaired) electrons. The van der Waals surface area contributed by atoms with Crippen LogP contribution in [0.1, 0.15) is 24.3 Å². The van der Waals surface area contributed by atoms with Crippen LogP contribution in [0, 0.1) is 0 Å². The lowest BCUT2D eigenvalue weighted by Gasteiger charge is -2.28. The van der Waals surface area contributed by atoms with E-state index in [4.69, 9.17) is 9.47 Å². The third kappa shape index (κ3) is 5.28. The molecule has 1 atom stereocenters. The van der Waals surface area contributed by atoms with Crippen LogP contribution in [0.4, 0.5) is 5.82 Å². The largest absolute Gasteiger partial charge is 0.383 e. The van der Waals surface area contributed by atoms with Gasteiger partial charge in [0.25, 0.3) is 5.91 Å². The van der Waals surface area contributed by atoms with E-state index in [1.54, 1.807) is 31.3 Å². The lowest BCUT2D eigenvalue weighted by atomic mass is 10.2. The van der Waals surface area contributed by atoms with Crippen LogP contribution in [-0.2, 0) is 9.47 Å². The Morgan fingerprint density at radius 1 is 1.33 bits per heavy atom. The second-order valence-electron chi connectivity index (χ2n) is 4.63. The third-order valence-corrected chi connectivity index (χ3v) is 2.98. The molecule has 7 heteroatoms. The number of nitrogens with one attached hydrogen (secondary N) is 1. The fraction of sp³-hybridized carbons (Fsp3) is 0.643. The molecule has 0 aliphatic heterocycles. The summed E-state index contributed by atoms with van der Waals surface area (Å²) in [6.07, 6.45) is 0. The molecule has 1 aromatic rings. The Kier molecular flexibility index (Phi) is 7.63. The molecule has 0 aliphatic rings. The molecule has 7 nitrogen and oxygen atoms in total. The molecule has 1 rings (SSSR count). The summed E-state index contributed by atoms with van der Waals surface area (Å²) in [7, 11) is 3.22. The number of carbonyl (C=O) groups excluding carboxylic acids is 1. The Morgan fingerprint density at radius 3 is 2.62 bits per heavy atom. The van der Waals surface area contributed by atoms with E-state index in [-0.39, 0.29) is 11.9 Å². The van der Waals surface area contributed by atoms with Gasteiger partial charge in [-0.25, -0.2) is 0 Å². The number of carbonyl (C=O) groups is 1. The Morgan fingerprint density at radius 2 is 2.10 bits per heavy atom. The van der Waals surface area contributed by atoms with Crippen molar-refractivity contribution in [2.24, 2.45) is 0 Å². The highest BCUT2D eigenvalue weighted by atomic mass is 16.5. The maximum atomic E-state index is 12.5. The van der Waals surface area contributed by atoms with E-state index in [9.17, 15) is 4.79 Å². The topological polar surface area (TPSA) is 76.6 Å². The summed E-state index contributed by atoms with van der Waals surface area (Å²) < 4.78 is 10.2. The SMILES string of the molecule is CCNc1ccc(C(=O)N(CCOC)C(C)COC)nn1. The Bertz CT molecular complexity index is 425. The molecule has 0 saturated heterocycles. The van der Waals surface area contributed by atoms with Gasteiger partial charge in [0, 0.05) is 27.3 Å². The van der Waals surface area contributed by atoms with Gasteiger partial charge in [-0.2, -0.15) is 0 Å². The molecule has 0 saturated carbocycles. The van der Waals surface area contributed by atoms with Gasteiger partial charge in [0.1, 0.15) is 5.82 Å². The highest BCUT2D eigenvalue weighted by molar-refractivity contribution is 5.92. The molecule has 1 aromatic heterocycles. The number of rotatable bonds is 9. The number of ether oxygens (including phenoxy) is 2. The second kappa shape index (κ2) is 9.25. The Balaban J connectivity index is 2.82. The van der Waals surface area contributed by atoms with Crippen molar-refractivity contribution in [3.8, 4) is 0 Å². The number of anilines is 1. The molecular formula is C14H24N4O3. The quantitative estimate of drug-likeness (QED) is 0.733. The average Bonchev–Trinajstić information content (AvgIpc) is 2.49. The minimum absolute atomic E-state index is 0.0621. The molecule has 0 aliphatic carbocycles. The molecule has 1 amide bonds. The summed E-state index contributed by atoms with van der Waals surface area (Å²) in [5, 5.41) is 11.0.